The first-order valence-electron chi connectivity index (χ1n) is 6.30. The average Bonchev–Trinajstić information content (AvgIpc) is 2.42. The third-order valence-corrected chi connectivity index (χ3v) is 4.00. The summed E-state index contributed by atoms with van der Waals surface area (Å²) in [5, 5.41) is 0.949. The summed E-state index contributed by atoms with van der Waals surface area (Å²) >= 11 is 0. The van der Waals surface area contributed by atoms with Gasteiger partial charge in [0.25, 0.3) is 0 Å². The van der Waals surface area contributed by atoms with Crippen LogP contribution in [0.25, 0.3) is 10.8 Å². The number of rotatable bonds is 0. The molecule has 2 aliphatic rings. The summed E-state index contributed by atoms with van der Waals surface area (Å²) in [6.45, 7) is 0. The van der Waals surface area contributed by atoms with E-state index in [0.29, 0.717) is 33.0 Å². The summed E-state index contributed by atoms with van der Waals surface area (Å²) < 4.78 is 0. The van der Waals surface area contributed by atoms with E-state index in [0.717, 1.165) is 0 Å². The Labute approximate surface area is 227 Å². The SMILES string of the molecule is O=C1CC(=O)c2ccc3c4c(ccc1c24)C(=O)CC3=O.[NaH].[NaH].[NaH].[NaH]. The molecule has 0 atom stereocenters. The monoisotopic (exact) mass is 360 g/mol. The number of hydrogen-bond donors (Lipinski definition) is 0. The minimum atomic E-state index is -0.253. The molecule has 0 spiro atoms. The normalized spacial score (nSPS) is 14.2. The molecular formula is C16H12Na4O4. The molecular weight excluding hydrogens is 348 g/mol. The van der Waals surface area contributed by atoms with E-state index in [9.17, 15) is 19.2 Å². The number of benzene rings is 2. The molecule has 2 aromatic rings. The third-order valence-electron chi connectivity index (χ3n) is 4.00. The molecule has 4 rings (SSSR count). The molecule has 0 aliphatic heterocycles. The second kappa shape index (κ2) is 9.54. The van der Waals surface area contributed by atoms with Crippen molar-refractivity contribution in [1.29, 1.82) is 0 Å². The molecule has 0 radical (unpaired) electrons. The molecule has 0 heterocycles. The summed E-state index contributed by atoms with van der Waals surface area (Å²) in [7, 11) is 0. The van der Waals surface area contributed by atoms with E-state index in [1.54, 1.807) is 24.3 Å². The summed E-state index contributed by atoms with van der Waals surface area (Å²) in [6.07, 6.45) is -0.300. The molecule has 2 aliphatic carbocycles. The fraction of sp³-hybridized carbons (Fsp3) is 0.125. The van der Waals surface area contributed by atoms with Crippen LogP contribution in [-0.2, 0) is 0 Å². The van der Waals surface area contributed by atoms with Crippen molar-refractivity contribution in [2.45, 2.75) is 12.8 Å². The second-order valence-corrected chi connectivity index (χ2v) is 5.12. The van der Waals surface area contributed by atoms with Gasteiger partial charge in [-0.3, -0.25) is 19.2 Å². The van der Waals surface area contributed by atoms with E-state index in [2.05, 4.69) is 0 Å². The molecule has 0 amide bonds. The van der Waals surface area contributed by atoms with E-state index in [1.807, 2.05) is 0 Å². The van der Waals surface area contributed by atoms with Gasteiger partial charge < -0.3 is 0 Å². The van der Waals surface area contributed by atoms with Gasteiger partial charge in [0.15, 0.2) is 23.1 Å². The summed E-state index contributed by atoms with van der Waals surface area (Å²) in [6, 6.07) is 6.36. The van der Waals surface area contributed by atoms with Crippen molar-refractivity contribution in [3.05, 3.63) is 46.5 Å². The molecule has 2 aromatic carbocycles. The van der Waals surface area contributed by atoms with Gasteiger partial charge in [0.05, 0.1) is 12.8 Å². The first kappa shape index (κ1) is 25.4. The number of hydrogen-bond acceptors (Lipinski definition) is 4. The van der Waals surface area contributed by atoms with Crippen LogP contribution in [0.3, 0.4) is 0 Å². The molecule has 0 unspecified atom stereocenters. The quantitative estimate of drug-likeness (QED) is 0.482. The van der Waals surface area contributed by atoms with Crippen molar-refractivity contribution in [3.8, 4) is 0 Å². The Hall–Kier alpha value is 1.38. The molecule has 0 fully saturated rings. The second-order valence-electron chi connectivity index (χ2n) is 5.12. The van der Waals surface area contributed by atoms with Crippen LogP contribution < -0.4 is 0 Å². The first-order valence-corrected chi connectivity index (χ1v) is 6.30. The van der Waals surface area contributed by atoms with Gasteiger partial charge in [-0.25, -0.2) is 0 Å². The van der Waals surface area contributed by atoms with Crippen molar-refractivity contribution in [3.63, 3.8) is 0 Å². The van der Waals surface area contributed by atoms with Gasteiger partial charge in [0, 0.05) is 33.0 Å². The van der Waals surface area contributed by atoms with Crippen molar-refractivity contribution < 1.29 is 19.2 Å². The number of ketones is 4. The molecule has 4 nitrogen and oxygen atoms in total. The third kappa shape index (κ3) is 3.82. The van der Waals surface area contributed by atoms with E-state index in [1.165, 1.54) is 0 Å². The summed E-state index contributed by atoms with van der Waals surface area (Å²) in [4.78, 5) is 47.9. The molecule has 0 bridgehead atoms. The molecule has 8 heteroatoms. The Bertz CT molecular complexity index is 750. The van der Waals surface area contributed by atoms with Crippen LogP contribution in [0.5, 0.6) is 0 Å². The van der Waals surface area contributed by atoms with Gasteiger partial charge in [-0.1, -0.05) is 24.3 Å². The van der Waals surface area contributed by atoms with E-state index >= 15 is 0 Å². The van der Waals surface area contributed by atoms with Crippen LogP contribution in [0.15, 0.2) is 24.3 Å². The molecule has 0 N–H and O–H groups in total. The van der Waals surface area contributed by atoms with Crippen LogP contribution in [0.1, 0.15) is 54.3 Å². The molecule has 24 heavy (non-hydrogen) atoms. The Balaban J connectivity index is 0.00000132. The van der Waals surface area contributed by atoms with E-state index < -0.39 is 0 Å². The standard InChI is InChI=1S/C16H8O4.4Na.4H/c17-11-5-13(19)9-3-4-10-14(20)6-12(18)8-2-1-7(11)15(9)16(8)10;;;;;;;;/h1-4H,5-6H2;;;;;;;;. The van der Waals surface area contributed by atoms with Crippen LogP contribution in [-0.4, -0.2) is 141 Å². The van der Waals surface area contributed by atoms with Gasteiger partial charge in [-0.15, -0.1) is 0 Å². The van der Waals surface area contributed by atoms with Gasteiger partial charge in [-0.05, 0) is 0 Å². The van der Waals surface area contributed by atoms with Gasteiger partial charge >= 0.3 is 118 Å². The maximum absolute atomic E-state index is 12.0. The predicted octanol–water partition coefficient (Wildman–Crippen LogP) is -0.216. The van der Waals surface area contributed by atoms with E-state index in [4.69, 9.17) is 0 Å². The Kier molecular flexibility index (Phi) is 10.1. The number of carbonyl (C=O) groups excluding carboxylic acids is 4. The zero-order valence-corrected chi connectivity index (χ0v) is 10.4. The van der Waals surface area contributed by atoms with Crippen LogP contribution in [0.2, 0.25) is 0 Å². The topological polar surface area (TPSA) is 68.3 Å². The van der Waals surface area contributed by atoms with Crippen molar-refractivity contribution in [2.24, 2.45) is 0 Å². The van der Waals surface area contributed by atoms with E-state index in [-0.39, 0.29) is 154 Å². The average molecular weight is 360 g/mol. The number of Topliss-reactive ketones (excluding diaryl/α,β-unsaturated/α-hetero) is 4. The fourth-order valence-corrected chi connectivity index (χ4v) is 3.10. The van der Waals surface area contributed by atoms with Crippen LogP contribution in [0.4, 0.5) is 0 Å². The zero-order chi connectivity index (χ0) is 14.0. The van der Waals surface area contributed by atoms with Crippen molar-refractivity contribution in [2.75, 3.05) is 0 Å². The Morgan fingerprint density at radius 3 is 0.875 bits per heavy atom. The molecule has 0 saturated heterocycles. The van der Waals surface area contributed by atoms with Gasteiger partial charge in [0.2, 0.25) is 0 Å². The summed E-state index contributed by atoms with van der Waals surface area (Å²) in [5.41, 5.74) is 1.73. The Morgan fingerprint density at radius 2 is 0.667 bits per heavy atom. The van der Waals surface area contributed by atoms with Crippen molar-refractivity contribution in [1.82, 2.24) is 0 Å². The van der Waals surface area contributed by atoms with Gasteiger partial charge in [0.1, 0.15) is 0 Å². The Morgan fingerprint density at radius 1 is 0.458 bits per heavy atom. The predicted molar refractivity (Wildman–Crippen MR) is 99.1 cm³/mol. The fourth-order valence-electron chi connectivity index (χ4n) is 3.10. The molecule has 0 aromatic heterocycles. The first-order chi connectivity index (χ1) is 9.58. The minimum absolute atomic E-state index is 0. The van der Waals surface area contributed by atoms with Crippen molar-refractivity contribution >= 4 is 152 Å². The van der Waals surface area contributed by atoms with Gasteiger partial charge in [-0.2, -0.15) is 0 Å². The van der Waals surface area contributed by atoms with Crippen LogP contribution >= 0.6 is 0 Å². The number of carbonyl (C=O) groups is 4. The van der Waals surface area contributed by atoms with Crippen LogP contribution in [0, 0.1) is 0 Å². The zero-order valence-electron chi connectivity index (χ0n) is 10.4. The molecule has 0 saturated carbocycles. The molecule has 104 valence electrons. The summed E-state index contributed by atoms with van der Waals surface area (Å²) in [5.74, 6) is -1.01. The maximum atomic E-state index is 12.0.